The Hall–Kier alpha value is -2.44. The highest BCUT2D eigenvalue weighted by molar-refractivity contribution is 8.18. The number of benzene rings is 2. The minimum atomic E-state index is -0.198. The fourth-order valence-electron chi connectivity index (χ4n) is 2.74. The van der Waals surface area contributed by atoms with Gasteiger partial charge in [-0.05, 0) is 60.5 Å². The number of rotatable bonds is 4. The van der Waals surface area contributed by atoms with E-state index in [1.165, 1.54) is 26.0 Å². The molecule has 0 saturated carbocycles. The Morgan fingerprint density at radius 3 is 2.48 bits per heavy atom. The first-order valence-corrected chi connectivity index (χ1v) is 9.39. The van der Waals surface area contributed by atoms with Gasteiger partial charge in [-0.1, -0.05) is 29.8 Å². The van der Waals surface area contributed by atoms with E-state index in [1.807, 2.05) is 32.0 Å². The van der Waals surface area contributed by atoms with Crippen molar-refractivity contribution >= 4 is 46.2 Å². The van der Waals surface area contributed by atoms with Gasteiger partial charge < -0.3 is 14.8 Å². The topological polar surface area (TPSA) is 59.9 Å². The predicted molar refractivity (Wildman–Crippen MR) is 111 cm³/mol. The highest BCUT2D eigenvalue weighted by atomic mass is 35.5. The number of aliphatic imine (C=N–C) groups is 1. The number of hydrogen-bond donors (Lipinski definition) is 1. The molecule has 0 spiro atoms. The summed E-state index contributed by atoms with van der Waals surface area (Å²) >= 11 is 7.53. The largest absolute Gasteiger partial charge is 0.493 e. The molecule has 2 aromatic rings. The third-order valence-corrected chi connectivity index (χ3v) is 5.25. The zero-order valence-electron chi connectivity index (χ0n) is 15.4. The van der Waals surface area contributed by atoms with Gasteiger partial charge in [0.25, 0.3) is 5.91 Å². The Morgan fingerprint density at radius 2 is 1.85 bits per heavy atom. The number of carbonyl (C=O) groups excluding carboxylic acids is 1. The third-order valence-electron chi connectivity index (χ3n) is 4.06. The standard InChI is InChI=1S/C20H19ClN2O3S/c1-11-6-5-7-12(2)17(11)22-20-23-19(24)16(27-20)10-13-8-14(21)18(26-4)15(9-13)25-3/h5-10H,1-4H3,(H,22,23,24)/b16-10+. The van der Waals surface area contributed by atoms with Crippen molar-refractivity contribution in [3.8, 4) is 11.5 Å². The number of para-hydroxylation sites is 1. The quantitative estimate of drug-likeness (QED) is 0.741. The summed E-state index contributed by atoms with van der Waals surface area (Å²) in [5.74, 6) is 0.766. The molecule has 0 radical (unpaired) electrons. The van der Waals surface area contributed by atoms with E-state index in [2.05, 4.69) is 10.3 Å². The second kappa shape index (κ2) is 8.06. The van der Waals surface area contributed by atoms with Crippen LogP contribution in [0, 0.1) is 13.8 Å². The molecule has 7 heteroatoms. The second-order valence-corrected chi connectivity index (χ2v) is 7.40. The number of hydrogen-bond acceptors (Lipinski definition) is 5. The Morgan fingerprint density at radius 1 is 1.15 bits per heavy atom. The Balaban J connectivity index is 1.92. The van der Waals surface area contributed by atoms with E-state index in [0.29, 0.717) is 26.6 Å². The van der Waals surface area contributed by atoms with Crippen LogP contribution >= 0.6 is 23.4 Å². The fraction of sp³-hybridized carbons (Fsp3) is 0.200. The molecule has 27 heavy (non-hydrogen) atoms. The van der Waals surface area contributed by atoms with E-state index in [-0.39, 0.29) is 5.91 Å². The number of halogens is 1. The van der Waals surface area contributed by atoms with Gasteiger partial charge in [0.15, 0.2) is 16.7 Å². The number of methoxy groups -OCH3 is 2. The van der Waals surface area contributed by atoms with Crippen LogP contribution in [0.2, 0.25) is 5.02 Å². The lowest BCUT2D eigenvalue weighted by Crippen LogP contribution is -2.19. The molecular weight excluding hydrogens is 384 g/mol. The Labute approximate surface area is 167 Å². The van der Waals surface area contributed by atoms with Gasteiger partial charge in [-0.15, -0.1) is 0 Å². The first-order valence-electron chi connectivity index (χ1n) is 8.20. The molecule has 0 unspecified atom stereocenters. The van der Waals surface area contributed by atoms with Crippen molar-refractivity contribution < 1.29 is 14.3 Å². The van der Waals surface area contributed by atoms with Crippen molar-refractivity contribution in [2.75, 3.05) is 14.2 Å². The zero-order valence-corrected chi connectivity index (χ0v) is 17.0. The summed E-state index contributed by atoms with van der Waals surface area (Å²) in [7, 11) is 3.07. The number of carbonyl (C=O) groups is 1. The fourth-order valence-corrected chi connectivity index (χ4v) is 3.86. The Kier molecular flexibility index (Phi) is 5.77. The van der Waals surface area contributed by atoms with Gasteiger partial charge in [0.1, 0.15) is 0 Å². The van der Waals surface area contributed by atoms with Crippen LogP contribution < -0.4 is 14.8 Å². The molecule has 0 atom stereocenters. The first kappa shape index (κ1) is 19.3. The summed E-state index contributed by atoms with van der Waals surface area (Å²) in [6.45, 7) is 3.99. The molecule has 1 saturated heterocycles. The van der Waals surface area contributed by atoms with E-state index in [9.17, 15) is 4.79 Å². The molecule has 1 aliphatic rings. The predicted octanol–water partition coefficient (Wildman–Crippen LogP) is 4.87. The smallest absolute Gasteiger partial charge is 0.264 e. The maximum Gasteiger partial charge on any atom is 0.264 e. The van der Waals surface area contributed by atoms with Gasteiger partial charge in [0, 0.05) is 0 Å². The lowest BCUT2D eigenvalue weighted by Gasteiger charge is -2.10. The van der Waals surface area contributed by atoms with Crippen LogP contribution in [0.25, 0.3) is 6.08 Å². The second-order valence-electron chi connectivity index (χ2n) is 5.96. The van der Waals surface area contributed by atoms with E-state index in [0.717, 1.165) is 22.4 Å². The maximum absolute atomic E-state index is 12.3. The number of nitrogens with one attached hydrogen (secondary N) is 1. The Bertz CT molecular complexity index is 950. The third kappa shape index (κ3) is 4.12. The zero-order chi connectivity index (χ0) is 19.6. The van der Waals surface area contributed by atoms with Crippen LogP contribution in [-0.2, 0) is 4.79 Å². The van der Waals surface area contributed by atoms with Gasteiger partial charge in [0.2, 0.25) is 0 Å². The summed E-state index contributed by atoms with van der Waals surface area (Å²) in [4.78, 5) is 17.5. The van der Waals surface area contributed by atoms with Crippen LogP contribution in [0.5, 0.6) is 11.5 Å². The van der Waals surface area contributed by atoms with E-state index in [1.54, 1.807) is 18.2 Å². The minimum absolute atomic E-state index is 0.198. The summed E-state index contributed by atoms with van der Waals surface area (Å²) < 4.78 is 10.5. The average Bonchev–Trinajstić information content (AvgIpc) is 2.97. The van der Waals surface area contributed by atoms with E-state index < -0.39 is 0 Å². The lowest BCUT2D eigenvalue weighted by atomic mass is 10.1. The molecule has 2 aromatic carbocycles. The molecule has 0 bridgehead atoms. The highest BCUT2D eigenvalue weighted by Gasteiger charge is 2.24. The summed E-state index contributed by atoms with van der Waals surface area (Å²) in [5, 5.41) is 3.77. The van der Waals surface area contributed by atoms with Crippen molar-refractivity contribution in [2.45, 2.75) is 13.8 Å². The number of amidine groups is 1. The van der Waals surface area contributed by atoms with Crippen molar-refractivity contribution in [3.63, 3.8) is 0 Å². The normalized spacial score (nSPS) is 16.7. The molecule has 0 aromatic heterocycles. The maximum atomic E-state index is 12.3. The van der Waals surface area contributed by atoms with Gasteiger partial charge in [-0.25, -0.2) is 4.99 Å². The van der Waals surface area contributed by atoms with Crippen LogP contribution in [0.1, 0.15) is 16.7 Å². The van der Waals surface area contributed by atoms with Crippen molar-refractivity contribution in [1.82, 2.24) is 5.32 Å². The van der Waals surface area contributed by atoms with Gasteiger partial charge in [-0.2, -0.15) is 0 Å². The summed E-state index contributed by atoms with van der Waals surface area (Å²) in [6, 6.07) is 9.48. The van der Waals surface area contributed by atoms with Crippen LogP contribution in [0.3, 0.4) is 0 Å². The molecule has 1 fully saturated rings. The van der Waals surface area contributed by atoms with Gasteiger partial charge >= 0.3 is 0 Å². The van der Waals surface area contributed by atoms with Crippen molar-refractivity contribution in [3.05, 3.63) is 56.9 Å². The van der Waals surface area contributed by atoms with E-state index in [4.69, 9.17) is 21.1 Å². The lowest BCUT2D eigenvalue weighted by molar-refractivity contribution is -0.115. The average molecular weight is 403 g/mol. The minimum Gasteiger partial charge on any atom is -0.493 e. The van der Waals surface area contributed by atoms with Crippen LogP contribution in [-0.4, -0.2) is 25.3 Å². The van der Waals surface area contributed by atoms with Crippen molar-refractivity contribution in [2.24, 2.45) is 4.99 Å². The number of thioether (sulfide) groups is 1. The van der Waals surface area contributed by atoms with Crippen molar-refractivity contribution in [1.29, 1.82) is 0 Å². The van der Waals surface area contributed by atoms with Crippen LogP contribution in [0.4, 0.5) is 5.69 Å². The monoisotopic (exact) mass is 402 g/mol. The first-order chi connectivity index (χ1) is 12.9. The number of amides is 1. The number of nitrogens with zero attached hydrogens (tertiary/aromatic N) is 1. The molecule has 1 amide bonds. The number of ether oxygens (including phenoxy) is 2. The highest BCUT2D eigenvalue weighted by Crippen LogP contribution is 2.38. The molecule has 1 N–H and O–H groups in total. The molecule has 5 nitrogen and oxygen atoms in total. The molecule has 140 valence electrons. The summed E-state index contributed by atoms with van der Waals surface area (Å²) in [5.41, 5.74) is 3.72. The van der Waals surface area contributed by atoms with Crippen LogP contribution in [0.15, 0.2) is 40.2 Å². The molecule has 1 aliphatic heterocycles. The van der Waals surface area contributed by atoms with Gasteiger partial charge in [-0.3, -0.25) is 4.79 Å². The number of aryl methyl sites for hydroxylation is 2. The molecule has 0 aliphatic carbocycles. The van der Waals surface area contributed by atoms with E-state index >= 15 is 0 Å². The molecule has 3 rings (SSSR count). The molecule has 1 heterocycles. The summed E-state index contributed by atoms with van der Waals surface area (Å²) in [6.07, 6.45) is 1.75. The SMILES string of the molecule is COc1cc(/C=C2/SC(=Nc3c(C)cccc3C)NC2=O)cc(Cl)c1OC. The van der Waals surface area contributed by atoms with Gasteiger partial charge in [0.05, 0.1) is 29.8 Å². The molecular formula is C20H19ClN2O3S.